The van der Waals surface area contributed by atoms with Gasteiger partial charge in [0.2, 0.25) is 0 Å². The molecular formula is C20H27N3O. The van der Waals surface area contributed by atoms with Crippen LogP contribution in [0.4, 0.5) is 0 Å². The molecular weight excluding hydrogens is 298 g/mol. The Labute approximate surface area is 144 Å². The van der Waals surface area contributed by atoms with Crippen LogP contribution in [0.5, 0.6) is 0 Å². The largest absolute Gasteiger partial charge is 0.386 e. The summed E-state index contributed by atoms with van der Waals surface area (Å²) in [6, 6.07) is 20.0. The lowest BCUT2D eigenvalue weighted by atomic mass is 9.96. The molecule has 3 rings (SSSR count). The minimum atomic E-state index is -0.559. The summed E-state index contributed by atoms with van der Waals surface area (Å²) in [5.41, 5.74) is 2.06. The van der Waals surface area contributed by atoms with Gasteiger partial charge in [-0.15, -0.1) is 0 Å². The van der Waals surface area contributed by atoms with Crippen LogP contribution in [-0.4, -0.2) is 49.3 Å². The topological polar surface area (TPSA) is 47.5 Å². The molecule has 0 spiro atoms. The second-order valence-corrected chi connectivity index (χ2v) is 6.29. The summed E-state index contributed by atoms with van der Waals surface area (Å²) in [5, 5.41) is 17.8. The Morgan fingerprint density at radius 3 is 2.12 bits per heavy atom. The van der Waals surface area contributed by atoms with E-state index in [0.717, 1.165) is 50.4 Å². The smallest absolute Gasteiger partial charge is 0.0984 e. The second-order valence-electron chi connectivity index (χ2n) is 6.29. The van der Waals surface area contributed by atoms with E-state index in [0.29, 0.717) is 0 Å². The fourth-order valence-corrected chi connectivity index (χ4v) is 3.23. The van der Waals surface area contributed by atoms with Crippen LogP contribution in [-0.2, 0) is 0 Å². The average Bonchev–Trinajstić information content (AvgIpc) is 2.67. The molecule has 1 aliphatic heterocycles. The number of piperazine rings is 1. The van der Waals surface area contributed by atoms with E-state index in [1.54, 1.807) is 0 Å². The number of nitrogens with zero attached hydrogens (tertiary/aromatic N) is 1. The molecule has 0 aliphatic carbocycles. The molecule has 2 aromatic rings. The van der Waals surface area contributed by atoms with Crippen LogP contribution in [0.3, 0.4) is 0 Å². The number of aliphatic hydroxyl groups is 1. The van der Waals surface area contributed by atoms with E-state index in [9.17, 15) is 5.11 Å². The third kappa shape index (κ3) is 4.65. The third-order valence-electron chi connectivity index (χ3n) is 4.62. The molecule has 1 saturated heterocycles. The van der Waals surface area contributed by atoms with E-state index in [1.165, 1.54) is 0 Å². The first-order valence-electron chi connectivity index (χ1n) is 8.79. The van der Waals surface area contributed by atoms with Crippen molar-refractivity contribution in [3.05, 3.63) is 71.8 Å². The maximum absolute atomic E-state index is 10.9. The first kappa shape index (κ1) is 17.1. The minimum absolute atomic E-state index is 0.100. The van der Waals surface area contributed by atoms with Crippen molar-refractivity contribution in [1.29, 1.82) is 0 Å². The predicted molar refractivity (Wildman–Crippen MR) is 97.9 cm³/mol. The van der Waals surface area contributed by atoms with Gasteiger partial charge < -0.3 is 15.7 Å². The van der Waals surface area contributed by atoms with Gasteiger partial charge in [0, 0.05) is 39.3 Å². The highest BCUT2D eigenvalue weighted by Gasteiger charge is 2.22. The Kier molecular flexibility index (Phi) is 6.38. The van der Waals surface area contributed by atoms with Gasteiger partial charge in [-0.05, 0) is 11.1 Å². The molecule has 4 nitrogen and oxygen atoms in total. The molecule has 1 fully saturated rings. The SMILES string of the molecule is O[C@H](c1ccccc1)[C@@H](NCCN1CCNCC1)c1ccccc1. The van der Waals surface area contributed by atoms with Crippen LogP contribution in [0.1, 0.15) is 23.3 Å². The lowest BCUT2D eigenvalue weighted by Crippen LogP contribution is -2.46. The van der Waals surface area contributed by atoms with Gasteiger partial charge in [-0.2, -0.15) is 0 Å². The average molecular weight is 325 g/mol. The van der Waals surface area contributed by atoms with Crippen LogP contribution < -0.4 is 10.6 Å². The van der Waals surface area contributed by atoms with E-state index in [1.807, 2.05) is 48.5 Å². The van der Waals surface area contributed by atoms with Crippen molar-refractivity contribution in [3.63, 3.8) is 0 Å². The molecule has 2 aromatic carbocycles. The minimum Gasteiger partial charge on any atom is -0.386 e. The van der Waals surface area contributed by atoms with E-state index < -0.39 is 6.10 Å². The molecule has 1 aliphatic rings. The molecule has 0 radical (unpaired) electrons. The highest BCUT2D eigenvalue weighted by molar-refractivity contribution is 5.26. The highest BCUT2D eigenvalue weighted by Crippen LogP contribution is 2.28. The van der Waals surface area contributed by atoms with Gasteiger partial charge in [0.25, 0.3) is 0 Å². The Bertz CT molecular complexity index is 584. The molecule has 0 amide bonds. The summed E-state index contributed by atoms with van der Waals surface area (Å²) in [5.74, 6) is 0. The fourth-order valence-electron chi connectivity index (χ4n) is 3.23. The molecule has 3 N–H and O–H groups in total. The maximum atomic E-state index is 10.9. The standard InChI is InChI=1S/C20H27N3O/c24-20(18-9-5-2-6-10-18)19(17-7-3-1-4-8-17)22-13-16-23-14-11-21-12-15-23/h1-10,19-22,24H,11-16H2/t19-,20+/m0/s1. The molecule has 0 aromatic heterocycles. The number of benzene rings is 2. The van der Waals surface area contributed by atoms with Gasteiger partial charge >= 0.3 is 0 Å². The van der Waals surface area contributed by atoms with Crippen molar-refractivity contribution < 1.29 is 5.11 Å². The summed E-state index contributed by atoms with van der Waals surface area (Å²) in [6.45, 7) is 6.19. The van der Waals surface area contributed by atoms with Crippen molar-refractivity contribution in [3.8, 4) is 0 Å². The Morgan fingerprint density at radius 2 is 1.50 bits per heavy atom. The van der Waals surface area contributed by atoms with Gasteiger partial charge in [-0.25, -0.2) is 0 Å². The molecule has 24 heavy (non-hydrogen) atoms. The molecule has 4 heteroatoms. The summed E-state index contributed by atoms with van der Waals surface area (Å²) >= 11 is 0. The van der Waals surface area contributed by atoms with Crippen LogP contribution in [0.2, 0.25) is 0 Å². The number of nitrogens with one attached hydrogen (secondary N) is 2. The van der Waals surface area contributed by atoms with Gasteiger partial charge in [0.15, 0.2) is 0 Å². The zero-order chi connectivity index (χ0) is 16.6. The molecule has 2 atom stereocenters. The Morgan fingerprint density at radius 1 is 0.917 bits per heavy atom. The molecule has 0 saturated carbocycles. The first-order valence-corrected chi connectivity index (χ1v) is 8.79. The van der Waals surface area contributed by atoms with Crippen LogP contribution in [0.15, 0.2) is 60.7 Å². The predicted octanol–water partition coefficient (Wildman–Crippen LogP) is 1.96. The van der Waals surface area contributed by atoms with E-state index in [4.69, 9.17) is 0 Å². The summed E-state index contributed by atoms with van der Waals surface area (Å²) in [6.07, 6.45) is -0.559. The number of hydrogen-bond acceptors (Lipinski definition) is 4. The monoisotopic (exact) mass is 325 g/mol. The van der Waals surface area contributed by atoms with Crippen LogP contribution in [0, 0.1) is 0 Å². The fraction of sp³-hybridized carbons (Fsp3) is 0.400. The van der Waals surface area contributed by atoms with E-state index in [2.05, 4.69) is 27.7 Å². The zero-order valence-corrected chi connectivity index (χ0v) is 14.1. The van der Waals surface area contributed by atoms with Crippen molar-refractivity contribution in [2.75, 3.05) is 39.3 Å². The number of hydrogen-bond donors (Lipinski definition) is 3. The van der Waals surface area contributed by atoms with Crippen molar-refractivity contribution >= 4 is 0 Å². The van der Waals surface area contributed by atoms with Crippen molar-refractivity contribution in [2.45, 2.75) is 12.1 Å². The van der Waals surface area contributed by atoms with Gasteiger partial charge in [-0.3, -0.25) is 4.90 Å². The lowest BCUT2D eigenvalue weighted by molar-refractivity contribution is 0.125. The third-order valence-corrected chi connectivity index (χ3v) is 4.62. The normalized spacial score (nSPS) is 18.2. The van der Waals surface area contributed by atoms with Crippen molar-refractivity contribution in [2.24, 2.45) is 0 Å². The summed E-state index contributed by atoms with van der Waals surface area (Å²) in [4.78, 5) is 2.46. The van der Waals surface area contributed by atoms with E-state index in [-0.39, 0.29) is 6.04 Å². The van der Waals surface area contributed by atoms with Crippen molar-refractivity contribution in [1.82, 2.24) is 15.5 Å². The second kappa shape index (κ2) is 8.94. The Hall–Kier alpha value is -1.72. The zero-order valence-electron chi connectivity index (χ0n) is 14.1. The Balaban J connectivity index is 1.66. The van der Waals surface area contributed by atoms with Gasteiger partial charge in [0.05, 0.1) is 12.1 Å². The van der Waals surface area contributed by atoms with Crippen LogP contribution >= 0.6 is 0 Å². The van der Waals surface area contributed by atoms with Gasteiger partial charge in [-0.1, -0.05) is 60.7 Å². The first-order chi connectivity index (χ1) is 11.8. The quantitative estimate of drug-likeness (QED) is 0.728. The lowest BCUT2D eigenvalue weighted by Gasteiger charge is -2.29. The molecule has 0 unspecified atom stereocenters. The number of aliphatic hydroxyl groups excluding tert-OH is 1. The number of rotatable bonds is 7. The highest BCUT2D eigenvalue weighted by atomic mass is 16.3. The van der Waals surface area contributed by atoms with Crippen LogP contribution in [0.25, 0.3) is 0 Å². The maximum Gasteiger partial charge on any atom is 0.0984 e. The molecule has 1 heterocycles. The summed E-state index contributed by atoms with van der Waals surface area (Å²) < 4.78 is 0. The molecule has 0 bridgehead atoms. The van der Waals surface area contributed by atoms with Gasteiger partial charge in [0.1, 0.15) is 0 Å². The summed E-state index contributed by atoms with van der Waals surface area (Å²) in [7, 11) is 0. The molecule has 128 valence electrons. The van der Waals surface area contributed by atoms with E-state index >= 15 is 0 Å².